The molecular formula is C19H21ClF2N2O2. The third-order valence-corrected chi connectivity index (χ3v) is 4.17. The smallest absolute Gasteiger partial charge is 0.387 e. The summed E-state index contributed by atoms with van der Waals surface area (Å²) in [4.78, 5) is 15.9. The summed E-state index contributed by atoms with van der Waals surface area (Å²) in [5.74, 6) is 0.0460. The van der Waals surface area contributed by atoms with Gasteiger partial charge in [-0.2, -0.15) is 8.78 Å². The van der Waals surface area contributed by atoms with Gasteiger partial charge in [0.25, 0.3) is 0 Å². The molecule has 0 saturated carbocycles. The van der Waals surface area contributed by atoms with Crippen LogP contribution in [0.3, 0.4) is 0 Å². The van der Waals surface area contributed by atoms with E-state index in [1.54, 1.807) is 24.1 Å². The molecule has 0 aliphatic heterocycles. The Hall–Kier alpha value is -2.18. The van der Waals surface area contributed by atoms with Gasteiger partial charge in [0, 0.05) is 25.2 Å². The van der Waals surface area contributed by atoms with Crippen LogP contribution in [-0.2, 0) is 17.9 Å². The molecular weight excluding hydrogens is 362 g/mol. The highest BCUT2D eigenvalue weighted by Crippen LogP contribution is 2.17. The molecule has 0 heterocycles. The summed E-state index contributed by atoms with van der Waals surface area (Å²) in [6.45, 7) is -1.65. The van der Waals surface area contributed by atoms with Gasteiger partial charge < -0.3 is 9.64 Å². The quantitative estimate of drug-likeness (QED) is 0.691. The average Bonchev–Trinajstić information content (AvgIpc) is 2.58. The molecule has 4 nitrogen and oxygen atoms in total. The standard InChI is InChI=1S/C19H21ClF2N2O2/c1-23(12-15-5-3-4-6-17(15)20)13-18(25)24(2)11-14-7-9-16(10-8-14)26-19(21)22/h3-10,19H,11-13H2,1-2H3. The Kier molecular flexibility index (Phi) is 7.36. The second-order valence-corrected chi connectivity index (χ2v) is 6.44. The van der Waals surface area contributed by atoms with Crippen molar-refractivity contribution >= 4 is 17.5 Å². The molecule has 0 aliphatic carbocycles. The second-order valence-electron chi connectivity index (χ2n) is 6.04. The minimum Gasteiger partial charge on any atom is -0.435 e. The van der Waals surface area contributed by atoms with Crippen LogP contribution in [0.15, 0.2) is 48.5 Å². The van der Waals surface area contributed by atoms with Crippen LogP contribution in [0, 0.1) is 0 Å². The van der Waals surface area contributed by atoms with Crippen LogP contribution in [-0.4, -0.2) is 43.0 Å². The van der Waals surface area contributed by atoms with E-state index in [0.717, 1.165) is 11.1 Å². The SMILES string of the molecule is CN(CC(=O)N(C)Cc1ccc(OC(F)F)cc1)Cc1ccccc1Cl. The zero-order valence-electron chi connectivity index (χ0n) is 14.7. The normalized spacial score (nSPS) is 11.0. The number of likely N-dealkylation sites (N-methyl/N-ethyl adjacent to an activating group) is 2. The Morgan fingerprint density at radius 1 is 1.08 bits per heavy atom. The fraction of sp³-hybridized carbons (Fsp3) is 0.316. The van der Waals surface area contributed by atoms with Gasteiger partial charge in [0.15, 0.2) is 0 Å². The summed E-state index contributed by atoms with van der Waals surface area (Å²) in [6, 6.07) is 13.8. The molecule has 7 heteroatoms. The number of carbonyl (C=O) groups excluding carboxylic acids is 1. The lowest BCUT2D eigenvalue weighted by Gasteiger charge is -2.22. The highest BCUT2D eigenvalue weighted by molar-refractivity contribution is 6.31. The number of ether oxygens (including phenoxy) is 1. The van der Waals surface area contributed by atoms with E-state index in [2.05, 4.69) is 4.74 Å². The van der Waals surface area contributed by atoms with Crippen molar-refractivity contribution < 1.29 is 18.3 Å². The Morgan fingerprint density at radius 3 is 2.35 bits per heavy atom. The summed E-state index contributed by atoms with van der Waals surface area (Å²) >= 11 is 6.14. The first-order chi connectivity index (χ1) is 12.3. The molecule has 0 saturated heterocycles. The van der Waals surface area contributed by atoms with Gasteiger partial charge in [-0.05, 0) is 36.4 Å². The minimum atomic E-state index is -2.85. The molecule has 0 spiro atoms. The van der Waals surface area contributed by atoms with Gasteiger partial charge >= 0.3 is 6.61 Å². The van der Waals surface area contributed by atoms with Gasteiger partial charge in [-0.3, -0.25) is 9.69 Å². The van der Waals surface area contributed by atoms with Crippen molar-refractivity contribution in [1.82, 2.24) is 9.80 Å². The first-order valence-corrected chi connectivity index (χ1v) is 8.42. The van der Waals surface area contributed by atoms with Crippen molar-refractivity contribution in [3.05, 3.63) is 64.7 Å². The Bertz CT molecular complexity index is 726. The molecule has 0 unspecified atom stereocenters. The number of hydrogen-bond acceptors (Lipinski definition) is 3. The van der Waals surface area contributed by atoms with Crippen LogP contribution in [0.1, 0.15) is 11.1 Å². The number of benzene rings is 2. The summed E-state index contributed by atoms with van der Waals surface area (Å²) in [5.41, 5.74) is 1.79. The number of carbonyl (C=O) groups is 1. The summed E-state index contributed by atoms with van der Waals surface area (Å²) in [5, 5.41) is 0.672. The molecule has 0 aromatic heterocycles. The largest absolute Gasteiger partial charge is 0.435 e. The van der Waals surface area contributed by atoms with Crippen molar-refractivity contribution in [2.75, 3.05) is 20.6 Å². The maximum Gasteiger partial charge on any atom is 0.387 e. The van der Waals surface area contributed by atoms with Gasteiger partial charge in [0.2, 0.25) is 5.91 Å². The average molecular weight is 383 g/mol. The van der Waals surface area contributed by atoms with Crippen LogP contribution < -0.4 is 4.74 Å². The number of hydrogen-bond donors (Lipinski definition) is 0. The molecule has 2 aromatic carbocycles. The van der Waals surface area contributed by atoms with E-state index in [9.17, 15) is 13.6 Å². The number of amides is 1. The van der Waals surface area contributed by atoms with E-state index in [4.69, 9.17) is 11.6 Å². The van der Waals surface area contributed by atoms with E-state index >= 15 is 0 Å². The molecule has 0 N–H and O–H groups in total. The molecule has 1 amide bonds. The van der Waals surface area contributed by atoms with Crippen molar-refractivity contribution in [3.63, 3.8) is 0 Å². The number of nitrogens with zero attached hydrogens (tertiary/aromatic N) is 2. The Balaban J connectivity index is 1.85. The number of alkyl halides is 2. The topological polar surface area (TPSA) is 32.8 Å². The van der Waals surface area contributed by atoms with Crippen LogP contribution in [0.5, 0.6) is 5.75 Å². The van der Waals surface area contributed by atoms with Crippen molar-refractivity contribution in [1.29, 1.82) is 0 Å². The third kappa shape index (κ3) is 6.28. The zero-order chi connectivity index (χ0) is 19.1. The lowest BCUT2D eigenvalue weighted by molar-refractivity contribution is -0.131. The number of halogens is 3. The van der Waals surface area contributed by atoms with E-state index < -0.39 is 6.61 Å². The predicted octanol–water partition coefficient (Wildman–Crippen LogP) is 4.03. The van der Waals surface area contributed by atoms with Crippen LogP contribution in [0.4, 0.5) is 8.78 Å². The van der Waals surface area contributed by atoms with Crippen LogP contribution in [0.2, 0.25) is 5.02 Å². The summed E-state index contributed by atoms with van der Waals surface area (Å²) < 4.78 is 28.6. The summed E-state index contributed by atoms with van der Waals surface area (Å²) in [7, 11) is 3.56. The van der Waals surface area contributed by atoms with E-state index in [0.29, 0.717) is 18.1 Å². The molecule has 26 heavy (non-hydrogen) atoms. The highest BCUT2D eigenvalue weighted by atomic mass is 35.5. The van der Waals surface area contributed by atoms with Crippen LogP contribution in [0.25, 0.3) is 0 Å². The minimum absolute atomic E-state index is 0.0486. The molecule has 0 atom stereocenters. The van der Waals surface area contributed by atoms with Gasteiger partial charge in [0.1, 0.15) is 5.75 Å². The third-order valence-electron chi connectivity index (χ3n) is 3.80. The number of rotatable bonds is 8. The van der Waals surface area contributed by atoms with E-state index in [1.807, 2.05) is 36.2 Å². The predicted molar refractivity (Wildman–Crippen MR) is 97.3 cm³/mol. The van der Waals surface area contributed by atoms with Gasteiger partial charge in [-0.15, -0.1) is 0 Å². The van der Waals surface area contributed by atoms with Crippen molar-refractivity contribution in [3.8, 4) is 5.75 Å². The fourth-order valence-electron chi connectivity index (χ4n) is 2.46. The maximum absolute atomic E-state index is 12.4. The molecule has 2 aromatic rings. The lowest BCUT2D eigenvalue weighted by Crippen LogP contribution is -2.36. The Morgan fingerprint density at radius 2 is 1.73 bits per heavy atom. The fourth-order valence-corrected chi connectivity index (χ4v) is 2.66. The molecule has 0 fully saturated rings. The molecule has 0 bridgehead atoms. The lowest BCUT2D eigenvalue weighted by atomic mass is 10.2. The zero-order valence-corrected chi connectivity index (χ0v) is 15.4. The van der Waals surface area contributed by atoms with Crippen molar-refractivity contribution in [2.24, 2.45) is 0 Å². The van der Waals surface area contributed by atoms with Gasteiger partial charge in [-0.25, -0.2) is 0 Å². The Labute approximate surface area is 156 Å². The molecule has 0 radical (unpaired) electrons. The first-order valence-electron chi connectivity index (χ1n) is 8.05. The van der Waals surface area contributed by atoms with Gasteiger partial charge in [-0.1, -0.05) is 41.9 Å². The second kappa shape index (κ2) is 9.50. The highest BCUT2D eigenvalue weighted by Gasteiger charge is 2.13. The molecule has 140 valence electrons. The van der Waals surface area contributed by atoms with Crippen molar-refractivity contribution in [2.45, 2.75) is 19.7 Å². The maximum atomic E-state index is 12.4. The van der Waals surface area contributed by atoms with Crippen LogP contribution >= 0.6 is 11.6 Å². The van der Waals surface area contributed by atoms with E-state index in [-0.39, 0.29) is 18.2 Å². The first kappa shape index (κ1) is 20.1. The van der Waals surface area contributed by atoms with Gasteiger partial charge in [0.05, 0.1) is 6.54 Å². The molecule has 0 aliphatic rings. The molecule has 2 rings (SSSR count). The van der Waals surface area contributed by atoms with E-state index in [1.165, 1.54) is 12.1 Å². The summed E-state index contributed by atoms with van der Waals surface area (Å²) in [6.07, 6.45) is 0. The monoisotopic (exact) mass is 382 g/mol.